The van der Waals surface area contributed by atoms with Crippen molar-refractivity contribution in [3.8, 4) is 0 Å². The highest BCUT2D eigenvalue weighted by molar-refractivity contribution is 5.94. The number of ether oxygens (including phenoxy) is 1. The first-order chi connectivity index (χ1) is 9.56. The highest BCUT2D eigenvalue weighted by Crippen LogP contribution is 2.16. The van der Waals surface area contributed by atoms with Gasteiger partial charge in [-0.15, -0.1) is 0 Å². The van der Waals surface area contributed by atoms with Crippen LogP contribution >= 0.6 is 0 Å². The van der Waals surface area contributed by atoms with Crippen molar-refractivity contribution >= 4 is 5.91 Å². The maximum atomic E-state index is 13.7. The number of hydrogen-bond donors (Lipinski definition) is 0. The first-order valence-electron chi connectivity index (χ1n) is 6.66. The van der Waals surface area contributed by atoms with Crippen molar-refractivity contribution in [2.45, 2.75) is 32.7 Å². The molecule has 1 aromatic rings. The molecule has 0 atom stereocenters. The molecule has 112 valence electrons. The largest absolute Gasteiger partial charge is 0.383 e. The SMILES string of the molecule is CCC(CC)N(CCOC)C(=O)c1ccnc(F)c1F. The minimum atomic E-state index is -1.26. The lowest BCUT2D eigenvalue weighted by Gasteiger charge is -2.30. The van der Waals surface area contributed by atoms with E-state index in [1.807, 2.05) is 13.8 Å². The van der Waals surface area contributed by atoms with Crippen LogP contribution in [0.5, 0.6) is 0 Å². The van der Waals surface area contributed by atoms with Gasteiger partial charge in [0, 0.05) is 25.9 Å². The molecule has 4 nitrogen and oxygen atoms in total. The van der Waals surface area contributed by atoms with E-state index >= 15 is 0 Å². The molecule has 0 radical (unpaired) electrons. The Morgan fingerprint density at radius 2 is 2.05 bits per heavy atom. The molecule has 0 N–H and O–H groups in total. The van der Waals surface area contributed by atoms with Crippen LogP contribution in [0, 0.1) is 11.8 Å². The lowest BCUT2D eigenvalue weighted by atomic mass is 10.1. The lowest BCUT2D eigenvalue weighted by Crippen LogP contribution is -2.42. The smallest absolute Gasteiger partial charge is 0.257 e. The van der Waals surface area contributed by atoms with Gasteiger partial charge in [0.05, 0.1) is 12.2 Å². The second-order valence-electron chi connectivity index (χ2n) is 4.42. The second kappa shape index (κ2) is 7.89. The quantitative estimate of drug-likeness (QED) is 0.724. The first-order valence-corrected chi connectivity index (χ1v) is 6.66. The van der Waals surface area contributed by atoms with Crippen molar-refractivity contribution < 1.29 is 18.3 Å². The zero-order valence-electron chi connectivity index (χ0n) is 12.0. The fourth-order valence-electron chi connectivity index (χ4n) is 2.11. The zero-order valence-corrected chi connectivity index (χ0v) is 12.0. The van der Waals surface area contributed by atoms with Crippen molar-refractivity contribution in [2.24, 2.45) is 0 Å². The molecule has 0 aliphatic heterocycles. The van der Waals surface area contributed by atoms with Crippen LogP contribution in [0.2, 0.25) is 0 Å². The second-order valence-corrected chi connectivity index (χ2v) is 4.42. The molecular weight excluding hydrogens is 266 g/mol. The molecule has 0 unspecified atom stereocenters. The summed E-state index contributed by atoms with van der Waals surface area (Å²) in [6.07, 6.45) is 2.56. The summed E-state index contributed by atoms with van der Waals surface area (Å²) in [6, 6.07) is 1.16. The third-order valence-corrected chi connectivity index (χ3v) is 3.26. The highest BCUT2D eigenvalue weighted by atomic mass is 19.2. The summed E-state index contributed by atoms with van der Waals surface area (Å²) in [6.45, 7) is 4.58. The molecule has 1 aromatic heterocycles. The van der Waals surface area contributed by atoms with Gasteiger partial charge in [-0.05, 0) is 18.9 Å². The number of pyridine rings is 1. The van der Waals surface area contributed by atoms with Crippen molar-refractivity contribution in [3.63, 3.8) is 0 Å². The minimum absolute atomic E-state index is 0.0340. The number of carbonyl (C=O) groups is 1. The van der Waals surface area contributed by atoms with Crippen LogP contribution in [0.15, 0.2) is 12.3 Å². The molecule has 0 saturated carbocycles. The zero-order chi connectivity index (χ0) is 15.1. The number of methoxy groups -OCH3 is 1. The van der Waals surface area contributed by atoms with E-state index in [0.29, 0.717) is 13.2 Å². The Morgan fingerprint density at radius 3 is 2.60 bits per heavy atom. The molecule has 0 aliphatic rings. The molecule has 0 bridgehead atoms. The molecule has 0 aromatic carbocycles. The van der Waals surface area contributed by atoms with Crippen molar-refractivity contribution in [1.82, 2.24) is 9.88 Å². The number of halogens is 2. The summed E-state index contributed by atoms with van der Waals surface area (Å²) in [4.78, 5) is 17.1. The molecule has 0 saturated heterocycles. The maximum Gasteiger partial charge on any atom is 0.257 e. The molecular formula is C14H20F2N2O2. The van der Waals surface area contributed by atoms with E-state index in [1.165, 1.54) is 18.1 Å². The van der Waals surface area contributed by atoms with Crippen molar-refractivity contribution in [2.75, 3.05) is 20.3 Å². The van der Waals surface area contributed by atoms with Crippen LogP contribution < -0.4 is 0 Å². The van der Waals surface area contributed by atoms with Gasteiger partial charge >= 0.3 is 0 Å². The number of carbonyl (C=O) groups excluding carboxylic acids is 1. The lowest BCUT2D eigenvalue weighted by molar-refractivity contribution is 0.0583. The Morgan fingerprint density at radius 1 is 1.40 bits per heavy atom. The van der Waals surface area contributed by atoms with Gasteiger partial charge in [-0.25, -0.2) is 9.37 Å². The standard InChI is InChI=1S/C14H20F2N2O2/c1-4-10(5-2)18(8-9-20-3)14(19)11-6-7-17-13(16)12(11)15/h6-7,10H,4-5,8-9H2,1-3H3. The normalized spacial score (nSPS) is 10.9. The van der Waals surface area contributed by atoms with Gasteiger partial charge in [0.1, 0.15) is 0 Å². The number of hydrogen-bond acceptors (Lipinski definition) is 3. The Labute approximate surface area is 117 Å². The van der Waals surface area contributed by atoms with E-state index in [-0.39, 0.29) is 11.6 Å². The molecule has 6 heteroatoms. The molecule has 1 rings (SSSR count). The van der Waals surface area contributed by atoms with E-state index in [4.69, 9.17) is 4.74 Å². The van der Waals surface area contributed by atoms with E-state index in [0.717, 1.165) is 19.0 Å². The third-order valence-electron chi connectivity index (χ3n) is 3.26. The van der Waals surface area contributed by atoms with Crippen LogP contribution in [-0.2, 0) is 4.74 Å². The Bertz CT molecular complexity index is 451. The van der Waals surface area contributed by atoms with E-state index in [2.05, 4.69) is 4.98 Å². The van der Waals surface area contributed by atoms with Gasteiger partial charge in [0.25, 0.3) is 5.91 Å². The van der Waals surface area contributed by atoms with Crippen molar-refractivity contribution in [1.29, 1.82) is 0 Å². The number of aromatic nitrogens is 1. The van der Waals surface area contributed by atoms with Gasteiger partial charge in [0.15, 0.2) is 5.82 Å². The molecule has 1 heterocycles. The molecule has 0 aliphatic carbocycles. The Hall–Kier alpha value is -1.56. The molecule has 0 spiro atoms. The van der Waals surface area contributed by atoms with Crippen LogP contribution in [0.4, 0.5) is 8.78 Å². The van der Waals surface area contributed by atoms with Crippen LogP contribution in [-0.4, -0.2) is 42.1 Å². The molecule has 0 fully saturated rings. The van der Waals surface area contributed by atoms with E-state index in [1.54, 1.807) is 0 Å². The van der Waals surface area contributed by atoms with Gasteiger partial charge in [-0.3, -0.25) is 4.79 Å². The fraction of sp³-hybridized carbons (Fsp3) is 0.571. The van der Waals surface area contributed by atoms with Gasteiger partial charge in [0.2, 0.25) is 5.95 Å². The van der Waals surface area contributed by atoms with Crippen LogP contribution in [0.1, 0.15) is 37.0 Å². The van der Waals surface area contributed by atoms with Crippen LogP contribution in [0.3, 0.4) is 0 Å². The van der Waals surface area contributed by atoms with Gasteiger partial charge in [-0.2, -0.15) is 4.39 Å². The topological polar surface area (TPSA) is 42.4 Å². The number of rotatable bonds is 7. The van der Waals surface area contributed by atoms with E-state index in [9.17, 15) is 13.6 Å². The third kappa shape index (κ3) is 3.72. The average molecular weight is 286 g/mol. The Balaban J connectivity index is 3.05. The monoisotopic (exact) mass is 286 g/mol. The van der Waals surface area contributed by atoms with Gasteiger partial charge in [-0.1, -0.05) is 13.8 Å². The first kappa shape index (κ1) is 16.5. The molecule has 1 amide bonds. The van der Waals surface area contributed by atoms with E-state index < -0.39 is 17.7 Å². The summed E-state index contributed by atoms with van der Waals surface area (Å²) in [7, 11) is 1.53. The summed E-state index contributed by atoms with van der Waals surface area (Å²) in [5, 5.41) is 0. The summed E-state index contributed by atoms with van der Waals surface area (Å²) in [5.41, 5.74) is -0.291. The maximum absolute atomic E-state index is 13.7. The summed E-state index contributed by atoms with van der Waals surface area (Å²) in [5.74, 6) is -2.99. The molecule has 20 heavy (non-hydrogen) atoms. The summed E-state index contributed by atoms with van der Waals surface area (Å²) >= 11 is 0. The fourth-order valence-corrected chi connectivity index (χ4v) is 2.11. The average Bonchev–Trinajstić information content (AvgIpc) is 2.45. The summed E-state index contributed by atoms with van der Waals surface area (Å²) < 4.78 is 31.8. The number of nitrogens with zero attached hydrogens (tertiary/aromatic N) is 2. The van der Waals surface area contributed by atoms with Gasteiger partial charge < -0.3 is 9.64 Å². The number of amides is 1. The van der Waals surface area contributed by atoms with Crippen molar-refractivity contribution in [3.05, 3.63) is 29.6 Å². The Kier molecular flexibility index (Phi) is 6.51. The predicted molar refractivity (Wildman–Crippen MR) is 71.4 cm³/mol. The highest BCUT2D eigenvalue weighted by Gasteiger charge is 2.25. The van der Waals surface area contributed by atoms with Crippen LogP contribution in [0.25, 0.3) is 0 Å². The predicted octanol–water partition coefficient (Wildman–Crippen LogP) is 2.64. The minimum Gasteiger partial charge on any atom is -0.383 e.